The van der Waals surface area contributed by atoms with Gasteiger partial charge in [-0.3, -0.25) is 4.79 Å². The van der Waals surface area contributed by atoms with Gasteiger partial charge < -0.3 is 10.0 Å². The Morgan fingerprint density at radius 3 is 2.60 bits per heavy atom. The molecule has 2 aliphatic rings. The maximum absolute atomic E-state index is 11.5. The van der Waals surface area contributed by atoms with E-state index in [2.05, 4.69) is 0 Å². The van der Waals surface area contributed by atoms with Gasteiger partial charge in [0.2, 0.25) is 6.41 Å². The van der Waals surface area contributed by atoms with Crippen molar-refractivity contribution < 1.29 is 14.7 Å². The van der Waals surface area contributed by atoms with Crippen LogP contribution in [0.4, 0.5) is 0 Å². The van der Waals surface area contributed by atoms with Gasteiger partial charge in [-0.25, -0.2) is 4.79 Å². The third-order valence-corrected chi connectivity index (χ3v) is 4.74. The first-order chi connectivity index (χ1) is 7.13. The van der Waals surface area contributed by atoms with E-state index in [1.807, 2.05) is 6.92 Å². The maximum Gasteiger partial charge on any atom is 0.330 e. The number of thioether (sulfide) groups is 1. The molecule has 2 unspecified atom stereocenters. The molecule has 15 heavy (non-hydrogen) atoms. The van der Waals surface area contributed by atoms with Crippen LogP contribution in [0.3, 0.4) is 0 Å². The summed E-state index contributed by atoms with van der Waals surface area (Å²) < 4.78 is 0. The zero-order chi connectivity index (χ0) is 11.1. The van der Waals surface area contributed by atoms with E-state index in [4.69, 9.17) is 0 Å². The van der Waals surface area contributed by atoms with Crippen molar-refractivity contribution in [3.63, 3.8) is 0 Å². The fraction of sp³-hybridized carbons (Fsp3) is 0.800. The summed E-state index contributed by atoms with van der Waals surface area (Å²) >= 11 is 1.64. The van der Waals surface area contributed by atoms with Gasteiger partial charge in [-0.05, 0) is 25.0 Å². The monoisotopic (exact) mass is 229 g/mol. The summed E-state index contributed by atoms with van der Waals surface area (Å²) in [6, 6.07) is 0.166. The Kier molecular flexibility index (Phi) is 2.66. The maximum atomic E-state index is 11.5. The predicted octanol–water partition coefficient (Wildman–Crippen LogP) is 0.956. The van der Waals surface area contributed by atoms with E-state index in [9.17, 15) is 14.7 Å². The summed E-state index contributed by atoms with van der Waals surface area (Å²) in [7, 11) is 0. The molecular formula is C10H15NO3S. The molecule has 1 amide bonds. The van der Waals surface area contributed by atoms with Crippen LogP contribution in [0.25, 0.3) is 0 Å². The second kappa shape index (κ2) is 3.70. The Morgan fingerprint density at radius 1 is 1.60 bits per heavy atom. The van der Waals surface area contributed by atoms with Crippen molar-refractivity contribution in [1.82, 2.24) is 4.90 Å². The number of aliphatic carboxylic acids is 1. The van der Waals surface area contributed by atoms with Crippen LogP contribution in [0.2, 0.25) is 0 Å². The van der Waals surface area contributed by atoms with Crippen LogP contribution in [-0.2, 0) is 9.59 Å². The molecule has 1 saturated carbocycles. The van der Waals surface area contributed by atoms with E-state index in [1.165, 1.54) is 0 Å². The molecule has 1 heterocycles. The molecule has 0 radical (unpaired) electrons. The van der Waals surface area contributed by atoms with Crippen LogP contribution in [0, 0.1) is 0 Å². The molecule has 2 fully saturated rings. The Bertz CT molecular complexity index is 292. The molecule has 5 heteroatoms. The van der Waals surface area contributed by atoms with Crippen LogP contribution in [0.15, 0.2) is 0 Å². The van der Waals surface area contributed by atoms with Gasteiger partial charge >= 0.3 is 5.97 Å². The van der Waals surface area contributed by atoms with Gasteiger partial charge in [0.1, 0.15) is 0 Å². The zero-order valence-corrected chi connectivity index (χ0v) is 9.50. The molecule has 2 atom stereocenters. The predicted molar refractivity (Wildman–Crippen MR) is 57.8 cm³/mol. The Labute approximate surface area is 93.0 Å². The first kappa shape index (κ1) is 10.8. The fourth-order valence-corrected chi connectivity index (χ4v) is 3.72. The molecule has 1 aliphatic carbocycles. The molecule has 84 valence electrons. The van der Waals surface area contributed by atoms with E-state index in [0.29, 0.717) is 6.42 Å². The summed E-state index contributed by atoms with van der Waals surface area (Å²) in [6.07, 6.45) is 3.20. The summed E-state index contributed by atoms with van der Waals surface area (Å²) in [5.74, 6) is -0.0242. The van der Waals surface area contributed by atoms with Gasteiger partial charge in [-0.2, -0.15) is 11.8 Å². The Hall–Kier alpha value is -0.710. The molecule has 0 aromatic heterocycles. The number of carboxylic acids is 1. The molecule has 1 N–H and O–H groups in total. The van der Waals surface area contributed by atoms with Crippen LogP contribution < -0.4 is 0 Å². The topological polar surface area (TPSA) is 57.6 Å². The number of nitrogens with zero attached hydrogens (tertiary/aromatic N) is 1. The van der Waals surface area contributed by atoms with Crippen LogP contribution in [0.1, 0.15) is 26.2 Å². The van der Waals surface area contributed by atoms with Crippen LogP contribution >= 0.6 is 11.8 Å². The third kappa shape index (κ3) is 1.53. The zero-order valence-electron chi connectivity index (χ0n) is 8.68. The lowest BCUT2D eigenvalue weighted by Gasteiger charge is -2.38. The van der Waals surface area contributed by atoms with Crippen molar-refractivity contribution in [2.24, 2.45) is 0 Å². The van der Waals surface area contributed by atoms with E-state index in [-0.39, 0.29) is 11.3 Å². The van der Waals surface area contributed by atoms with Crippen molar-refractivity contribution >= 4 is 24.1 Å². The number of hydrogen-bond donors (Lipinski definition) is 1. The number of carbonyl (C=O) groups excluding carboxylic acids is 1. The average Bonchev–Trinajstić information content (AvgIpc) is 2.93. The second-order valence-electron chi connectivity index (χ2n) is 4.24. The minimum absolute atomic E-state index is 0.0131. The number of rotatable bonds is 4. The molecule has 4 nitrogen and oxygen atoms in total. The van der Waals surface area contributed by atoms with E-state index in [0.717, 1.165) is 25.0 Å². The first-order valence-electron chi connectivity index (χ1n) is 5.21. The van der Waals surface area contributed by atoms with Crippen molar-refractivity contribution in [2.75, 3.05) is 5.75 Å². The number of carbonyl (C=O) groups is 2. The minimum Gasteiger partial charge on any atom is -0.479 e. The third-order valence-electron chi connectivity index (χ3n) is 3.41. The van der Waals surface area contributed by atoms with Gasteiger partial charge in [-0.1, -0.05) is 6.92 Å². The Balaban J connectivity index is 2.31. The van der Waals surface area contributed by atoms with Gasteiger partial charge in [-0.15, -0.1) is 0 Å². The number of amides is 1. The van der Waals surface area contributed by atoms with E-state index >= 15 is 0 Å². The summed E-state index contributed by atoms with van der Waals surface area (Å²) in [5.41, 5.74) is -0.951. The molecule has 0 spiro atoms. The van der Waals surface area contributed by atoms with Crippen molar-refractivity contribution in [3.05, 3.63) is 0 Å². The summed E-state index contributed by atoms with van der Waals surface area (Å²) in [6.45, 7) is 1.91. The lowest BCUT2D eigenvalue weighted by Crippen LogP contribution is -2.58. The largest absolute Gasteiger partial charge is 0.479 e. The van der Waals surface area contributed by atoms with Crippen LogP contribution in [-0.4, -0.2) is 45.0 Å². The average molecular weight is 229 g/mol. The molecule has 1 aliphatic heterocycles. The summed E-state index contributed by atoms with van der Waals surface area (Å²) in [4.78, 5) is 24.1. The molecular weight excluding hydrogens is 214 g/mol. The molecule has 0 bridgehead atoms. The highest BCUT2D eigenvalue weighted by Gasteiger charge is 2.55. The fourth-order valence-electron chi connectivity index (χ4n) is 2.32. The molecule has 0 aromatic rings. The molecule has 0 aromatic carbocycles. The van der Waals surface area contributed by atoms with Gasteiger partial charge in [0, 0.05) is 11.3 Å². The smallest absolute Gasteiger partial charge is 0.330 e. The number of carboxylic acid groups (broad SMARTS) is 1. The highest BCUT2D eigenvalue weighted by molar-refractivity contribution is 8.00. The van der Waals surface area contributed by atoms with Crippen LogP contribution in [0.5, 0.6) is 0 Å². The number of hydrogen-bond acceptors (Lipinski definition) is 3. The highest BCUT2D eigenvalue weighted by atomic mass is 32.2. The highest BCUT2D eigenvalue weighted by Crippen LogP contribution is 2.44. The summed E-state index contributed by atoms with van der Waals surface area (Å²) in [5, 5.41) is 9.39. The lowest BCUT2D eigenvalue weighted by atomic mass is 9.90. The lowest BCUT2D eigenvalue weighted by molar-refractivity contribution is -0.155. The van der Waals surface area contributed by atoms with Gasteiger partial charge in [0.05, 0.1) is 0 Å². The van der Waals surface area contributed by atoms with Crippen molar-refractivity contribution in [3.8, 4) is 0 Å². The van der Waals surface area contributed by atoms with E-state index < -0.39 is 11.5 Å². The quantitative estimate of drug-likeness (QED) is 0.729. The standard InChI is InChI=1S/C10H15NO3S/c1-7-10(9(13)14,4-5-15-7)11(6-12)8-2-3-8/h6-8H,2-5H2,1H3,(H,13,14). The van der Waals surface area contributed by atoms with Crippen molar-refractivity contribution in [2.45, 2.75) is 43.0 Å². The molecule has 2 rings (SSSR count). The normalized spacial score (nSPS) is 35.1. The van der Waals surface area contributed by atoms with Gasteiger partial charge in [0.25, 0.3) is 0 Å². The first-order valence-corrected chi connectivity index (χ1v) is 6.26. The van der Waals surface area contributed by atoms with Gasteiger partial charge in [0.15, 0.2) is 5.54 Å². The SMILES string of the molecule is CC1SCCC1(C(=O)O)N(C=O)C1CC1. The Morgan fingerprint density at radius 2 is 2.27 bits per heavy atom. The second-order valence-corrected chi connectivity index (χ2v) is 5.68. The van der Waals surface area contributed by atoms with Crippen molar-refractivity contribution in [1.29, 1.82) is 0 Å². The minimum atomic E-state index is -0.951. The van der Waals surface area contributed by atoms with E-state index in [1.54, 1.807) is 16.7 Å². The molecule has 1 saturated heterocycles.